The lowest BCUT2D eigenvalue weighted by molar-refractivity contribution is -0.137. The van der Waals surface area contributed by atoms with E-state index in [4.69, 9.17) is 9.84 Å². The number of benzene rings is 3. The second kappa shape index (κ2) is 10.5. The van der Waals surface area contributed by atoms with Crippen LogP contribution in [0.2, 0.25) is 0 Å². The van der Waals surface area contributed by atoms with Crippen molar-refractivity contribution in [3.63, 3.8) is 0 Å². The van der Waals surface area contributed by atoms with Gasteiger partial charge in [0, 0.05) is 12.8 Å². The van der Waals surface area contributed by atoms with Crippen LogP contribution in [0.1, 0.15) is 43.2 Å². The molecular weight excluding hydrogens is 348 g/mol. The largest absolute Gasteiger partial charge is 0.493 e. The number of hydrogen-bond acceptors (Lipinski definition) is 2. The van der Waals surface area contributed by atoms with Crippen molar-refractivity contribution < 1.29 is 14.6 Å². The molecule has 3 heteroatoms. The maximum atomic E-state index is 10.5. The molecule has 28 heavy (non-hydrogen) atoms. The van der Waals surface area contributed by atoms with E-state index in [9.17, 15) is 4.79 Å². The van der Waals surface area contributed by atoms with Gasteiger partial charge in [0.1, 0.15) is 5.75 Å². The van der Waals surface area contributed by atoms with Gasteiger partial charge in [-0.2, -0.15) is 0 Å². The number of ether oxygens (including phenoxy) is 1. The van der Waals surface area contributed by atoms with Crippen molar-refractivity contribution in [2.24, 2.45) is 0 Å². The molecule has 0 atom stereocenters. The Balaban J connectivity index is 1.46. The van der Waals surface area contributed by atoms with E-state index in [2.05, 4.69) is 54.6 Å². The topological polar surface area (TPSA) is 46.5 Å². The summed E-state index contributed by atoms with van der Waals surface area (Å²) in [6.45, 7) is 0.661. The van der Waals surface area contributed by atoms with Crippen LogP contribution in [-0.2, 0) is 17.6 Å². The zero-order chi connectivity index (χ0) is 19.6. The van der Waals surface area contributed by atoms with Crippen LogP contribution in [0.15, 0.2) is 66.7 Å². The van der Waals surface area contributed by atoms with Gasteiger partial charge in [-0.1, -0.05) is 73.5 Å². The number of carbonyl (C=O) groups is 1. The average Bonchev–Trinajstić information content (AvgIpc) is 2.71. The van der Waals surface area contributed by atoms with Crippen molar-refractivity contribution in [1.82, 2.24) is 0 Å². The summed E-state index contributed by atoms with van der Waals surface area (Å²) in [6, 6.07) is 23.2. The quantitative estimate of drug-likeness (QED) is 0.415. The van der Waals surface area contributed by atoms with Gasteiger partial charge in [0.15, 0.2) is 0 Å². The molecule has 0 aliphatic rings. The monoisotopic (exact) mass is 376 g/mol. The molecule has 3 nitrogen and oxygen atoms in total. The van der Waals surface area contributed by atoms with Crippen LogP contribution in [-0.4, -0.2) is 17.7 Å². The second-order valence-electron chi connectivity index (χ2n) is 7.20. The molecule has 1 N–H and O–H groups in total. The van der Waals surface area contributed by atoms with E-state index in [1.54, 1.807) is 0 Å². The molecule has 146 valence electrons. The van der Waals surface area contributed by atoms with Crippen LogP contribution in [0.4, 0.5) is 0 Å². The molecule has 0 heterocycles. The fourth-order valence-electron chi connectivity index (χ4n) is 3.47. The summed E-state index contributed by atoms with van der Waals surface area (Å²) < 4.78 is 6.09. The predicted molar refractivity (Wildman–Crippen MR) is 114 cm³/mol. The Kier molecular flexibility index (Phi) is 7.48. The van der Waals surface area contributed by atoms with E-state index in [-0.39, 0.29) is 6.42 Å². The number of aliphatic carboxylic acids is 1. The molecule has 0 radical (unpaired) electrons. The van der Waals surface area contributed by atoms with E-state index >= 15 is 0 Å². The fraction of sp³-hybridized carbons (Fsp3) is 0.320. The van der Waals surface area contributed by atoms with E-state index in [1.807, 2.05) is 12.1 Å². The summed E-state index contributed by atoms with van der Waals surface area (Å²) in [4.78, 5) is 10.5. The zero-order valence-corrected chi connectivity index (χ0v) is 16.3. The number of carboxylic acid groups (broad SMARTS) is 1. The molecule has 3 rings (SSSR count). The lowest BCUT2D eigenvalue weighted by Crippen LogP contribution is -2.03. The molecule has 0 saturated carbocycles. The third-order valence-corrected chi connectivity index (χ3v) is 5.02. The van der Waals surface area contributed by atoms with E-state index in [0.717, 1.165) is 44.3 Å². The van der Waals surface area contributed by atoms with Gasteiger partial charge in [0.2, 0.25) is 0 Å². The minimum absolute atomic E-state index is 0.272. The molecule has 0 bridgehead atoms. The summed E-state index contributed by atoms with van der Waals surface area (Å²) in [5.41, 5.74) is 2.52. The number of unbranched alkanes of at least 4 members (excludes halogenated alkanes) is 3. The van der Waals surface area contributed by atoms with Crippen LogP contribution in [0, 0.1) is 0 Å². The van der Waals surface area contributed by atoms with Crippen LogP contribution in [0.3, 0.4) is 0 Å². The first kappa shape index (κ1) is 19.9. The van der Waals surface area contributed by atoms with Crippen LogP contribution >= 0.6 is 0 Å². The molecule has 0 fully saturated rings. The van der Waals surface area contributed by atoms with Crippen molar-refractivity contribution >= 4 is 16.7 Å². The first-order valence-electron chi connectivity index (χ1n) is 10.1. The van der Waals surface area contributed by atoms with Crippen molar-refractivity contribution in [1.29, 1.82) is 0 Å². The fourth-order valence-corrected chi connectivity index (χ4v) is 3.47. The smallest absolute Gasteiger partial charge is 0.303 e. The minimum Gasteiger partial charge on any atom is -0.493 e. The van der Waals surface area contributed by atoms with Crippen molar-refractivity contribution in [3.8, 4) is 5.75 Å². The Morgan fingerprint density at radius 2 is 1.54 bits per heavy atom. The molecule has 0 amide bonds. The standard InChI is InChI=1S/C25H28O3/c26-25(27)14-4-2-1-3-10-22-11-7-8-13-24(22)28-18-17-20-15-16-21-9-5-6-12-23(21)19-20/h5-9,11-13,15-16,19H,1-4,10,14,17-18H2,(H,26,27). The van der Waals surface area contributed by atoms with Crippen molar-refractivity contribution in [2.75, 3.05) is 6.61 Å². The first-order valence-corrected chi connectivity index (χ1v) is 10.1. The van der Waals surface area contributed by atoms with Gasteiger partial charge in [-0.25, -0.2) is 0 Å². The molecule has 0 saturated heterocycles. The third-order valence-electron chi connectivity index (χ3n) is 5.02. The summed E-state index contributed by atoms with van der Waals surface area (Å²) in [5, 5.41) is 11.2. The molecule has 3 aromatic carbocycles. The Hall–Kier alpha value is -2.81. The predicted octanol–water partition coefficient (Wildman–Crippen LogP) is 6.04. The van der Waals surface area contributed by atoms with Gasteiger partial charge in [-0.15, -0.1) is 0 Å². The molecule has 0 unspecified atom stereocenters. The maximum absolute atomic E-state index is 10.5. The minimum atomic E-state index is -0.704. The van der Waals surface area contributed by atoms with Gasteiger partial charge in [0.25, 0.3) is 0 Å². The Morgan fingerprint density at radius 1 is 0.786 bits per heavy atom. The summed E-state index contributed by atoms with van der Waals surface area (Å²) in [5.74, 6) is 0.263. The lowest BCUT2D eigenvalue weighted by Gasteiger charge is -2.12. The SMILES string of the molecule is O=C(O)CCCCCCc1ccccc1OCCc1ccc2ccccc2c1. The van der Waals surface area contributed by atoms with E-state index in [0.29, 0.717) is 6.61 Å². The van der Waals surface area contributed by atoms with Gasteiger partial charge in [-0.3, -0.25) is 4.79 Å². The van der Waals surface area contributed by atoms with E-state index < -0.39 is 5.97 Å². The van der Waals surface area contributed by atoms with E-state index in [1.165, 1.54) is 21.9 Å². The van der Waals surface area contributed by atoms with Gasteiger partial charge in [-0.05, 0) is 47.2 Å². The number of para-hydroxylation sites is 1. The normalized spacial score (nSPS) is 10.9. The van der Waals surface area contributed by atoms with Crippen molar-refractivity contribution in [2.45, 2.75) is 44.9 Å². The molecule has 0 spiro atoms. The molecular formula is C25H28O3. The summed E-state index contributed by atoms with van der Waals surface area (Å²) in [6.07, 6.45) is 5.97. The third kappa shape index (κ3) is 6.12. The Bertz CT molecular complexity index is 901. The van der Waals surface area contributed by atoms with Crippen molar-refractivity contribution in [3.05, 3.63) is 77.9 Å². The number of fused-ring (bicyclic) bond motifs is 1. The number of carboxylic acids is 1. The van der Waals surface area contributed by atoms with Gasteiger partial charge >= 0.3 is 5.97 Å². The lowest BCUT2D eigenvalue weighted by atomic mass is 10.0. The first-order chi connectivity index (χ1) is 13.7. The van der Waals surface area contributed by atoms with Gasteiger partial charge < -0.3 is 9.84 Å². The van der Waals surface area contributed by atoms with Crippen LogP contribution in [0.25, 0.3) is 10.8 Å². The number of hydrogen-bond donors (Lipinski definition) is 1. The number of rotatable bonds is 11. The second-order valence-corrected chi connectivity index (χ2v) is 7.20. The highest BCUT2D eigenvalue weighted by Gasteiger charge is 2.04. The van der Waals surface area contributed by atoms with Crippen LogP contribution < -0.4 is 4.74 Å². The highest BCUT2D eigenvalue weighted by Crippen LogP contribution is 2.22. The summed E-state index contributed by atoms with van der Waals surface area (Å²) >= 11 is 0. The average molecular weight is 376 g/mol. The number of aryl methyl sites for hydroxylation is 1. The highest BCUT2D eigenvalue weighted by atomic mass is 16.5. The highest BCUT2D eigenvalue weighted by molar-refractivity contribution is 5.82. The summed E-state index contributed by atoms with van der Waals surface area (Å²) in [7, 11) is 0. The Labute approximate surface area is 167 Å². The molecule has 3 aromatic rings. The zero-order valence-electron chi connectivity index (χ0n) is 16.3. The molecule has 0 aliphatic heterocycles. The Morgan fingerprint density at radius 3 is 2.39 bits per heavy atom. The molecule has 0 aromatic heterocycles. The van der Waals surface area contributed by atoms with Crippen LogP contribution in [0.5, 0.6) is 5.75 Å². The molecule has 0 aliphatic carbocycles. The maximum Gasteiger partial charge on any atom is 0.303 e. The van der Waals surface area contributed by atoms with Gasteiger partial charge in [0.05, 0.1) is 6.61 Å².